The highest BCUT2D eigenvalue weighted by Crippen LogP contribution is 2.38. The van der Waals surface area contributed by atoms with E-state index in [4.69, 9.17) is 4.74 Å². The van der Waals surface area contributed by atoms with Crippen LogP contribution in [0.25, 0.3) is 0 Å². The van der Waals surface area contributed by atoms with Crippen molar-refractivity contribution in [3.05, 3.63) is 95.8 Å². The van der Waals surface area contributed by atoms with Gasteiger partial charge < -0.3 is 15.2 Å². The number of hydrogen-bond acceptors (Lipinski definition) is 5. The highest BCUT2D eigenvalue weighted by molar-refractivity contribution is 14.1. The molecular formula is C27H27IN4O3. The standard InChI is InChI=1S/C27H27IN4O3/c1-2-9-21(28)20-12-6-7-14-24(20)35-26-22(13-8-16-29-26)30-25-18-23(27(33)34)32(31-25)17-15-19-10-4-3-5-11-19/h3-8,10-14,16,18,21H,2,9,15,17H2,1H3,(H,30,31)(H,33,34). The maximum atomic E-state index is 11.8. The molecule has 7 nitrogen and oxygen atoms in total. The van der Waals surface area contributed by atoms with E-state index in [0.29, 0.717) is 34.3 Å². The average molecular weight is 582 g/mol. The van der Waals surface area contributed by atoms with Gasteiger partial charge in [0.05, 0.1) is 0 Å². The minimum absolute atomic E-state index is 0.118. The quantitative estimate of drug-likeness (QED) is 0.146. The number of carboxylic acids is 1. The van der Waals surface area contributed by atoms with Crippen molar-refractivity contribution in [3.8, 4) is 11.6 Å². The Morgan fingerprint density at radius 1 is 1.11 bits per heavy atom. The van der Waals surface area contributed by atoms with Crippen molar-refractivity contribution in [2.75, 3.05) is 5.32 Å². The molecule has 0 amide bonds. The summed E-state index contributed by atoms with van der Waals surface area (Å²) in [5.41, 5.74) is 2.96. The zero-order valence-corrected chi connectivity index (χ0v) is 21.6. The maximum absolute atomic E-state index is 11.8. The molecule has 2 N–H and O–H groups in total. The molecule has 0 saturated carbocycles. The largest absolute Gasteiger partial charge is 0.477 e. The highest BCUT2D eigenvalue weighted by Gasteiger charge is 2.18. The van der Waals surface area contributed by atoms with E-state index >= 15 is 0 Å². The van der Waals surface area contributed by atoms with Crippen LogP contribution in [-0.4, -0.2) is 25.8 Å². The number of ether oxygens (including phenoxy) is 1. The van der Waals surface area contributed by atoms with E-state index in [2.05, 4.69) is 51.0 Å². The molecule has 8 heteroatoms. The average Bonchev–Trinajstić information content (AvgIpc) is 3.28. The molecule has 35 heavy (non-hydrogen) atoms. The van der Waals surface area contributed by atoms with Gasteiger partial charge in [-0.05, 0) is 36.6 Å². The Morgan fingerprint density at radius 3 is 2.66 bits per heavy atom. The topological polar surface area (TPSA) is 89.3 Å². The number of rotatable bonds is 11. The first-order chi connectivity index (χ1) is 17.0. The van der Waals surface area contributed by atoms with Gasteiger partial charge in [0.15, 0.2) is 5.82 Å². The van der Waals surface area contributed by atoms with Gasteiger partial charge in [-0.1, -0.05) is 84.5 Å². The molecular weight excluding hydrogens is 555 g/mol. The van der Waals surface area contributed by atoms with Crippen molar-refractivity contribution in [2.24, 2.45) is 0 Å². The van der Waals surface area contributed by atoms with Gasteiger partial charge in [-0.3, -0.25) is 4.68 Å². The number of carboxylic acid groups (broad SMARTS) is 1. The Kier molecular flexibility index (Phi) is 8.36. The van der Waals surface area contributed by atoms with Crippen LogP contribution in [0, 0.1) is 0 Å². The summed E-state index contributed by atoms with van der Waals surface area (Å²) in [6, 6.07) is 23.0. The smallest absolute Gasteiger partial charge is 0.354 e. The minimum atomic E-state index is -1.03. The number of nitrogens with zero attached hydrogens (tertiary/aromatic N) is 3. The third-order valence-electron chi connectivity index (χ3n) is 5.49. The minimum Gasteiger partial charge on any atom is -0.477 e. The van der Waals surface area contributed by atoms with Crippen LogP contribution in [0.5, 0.6) is 11.6 Å². The van der Waals surface area contributed by atoms with Crippen LogP contribution in [0.3, 0.4) is 0 Å². The lowest BCUT2D eigenvalue weighted by atomic mass is 10.1. The van der Waals surface area contributed by atoms with Crippen molar-refractivity contribution >= 4 is 40.1 Å². The number of pyridine rings is 1. The van der Waals surface area contributed by atoms with Crippen molar-refractivity contribution in [2.45, 2.75) is 36.7 Å². The lowest BCUT2D eigenvalue weighted by Crippen LogP contribution is -2.11. The predicted molar refractivity (Wildman–Crippen MR) is 145 cm³/mol. The van der Waals surface area contributed by atoms with Gasteiger partial charge >= 0.3 is 5.97 Å². The van der Waals surface area contributed by atoms with E-state index in [1.165, 1.54) is 10.7 Å². The van der Waals surface area contributed by atoms with Crippen molar-refractivity contribution in [1.29, 1.82) is 0 Å². The second-order valence-corrected chi connectivity index (χ2v) is 9.56. The van der Waals surface area contributed by atoms with Crippen molar-refractivity contribution in [1.82, 2.24) is 14.8 Å². The molecule has 0 bridgehead atoms. The van der Waals surface area contributed by atoms with E-state index in [1.807, 2.05) is 54.6 Å². The van der Waals surface area contributed by atoms with E-state index in [0.717, 1.165) is 29.7 Å². The Bertz CT molecular complexity index is 1280. The van der Waals surface area contributed by atoms with Gasteiger partial charge in [-0.15, -0.1) is 0 Å². The molecule has 2 aromatic carbocycles. The summed E-state index contributed by atoms with van der Waals surface area (Å²) in [7, 11) is 0. The molecule has 1 atom stereocenters. The fourth-order valence-corrected chi connectivity index (χ4v) is 4.89. The molecule has 0 fully saturated rings. The second kappa shape index (κ2) is 11.8. The number of halogens is 1. The number of nitrogens with one attached hydrogen (secondary N) is 1. The number of aromatic carboxylic acids is 1. The summed E-state index contributed by atoms with van der Waals surface area (Å²) in [6.07, 6.45) is 4.47. The van der Waals surface area contributed by atoms with Crippen LogP contribution in [0.15, 0.2) is 79.0 Å². The molecule has 4 rings (SSSR count). The predicted octanol–water partition coefficient (Wildman–Crippen LogP) is 7.03. The molecule has 0 spiro atoms. The SMILES string of the molecule is CCCC(I)c1ccccc1Oc1ncccc1Nc1cc(C(=O)O)n(CCc2ccccc2)n1. The van der Waals surface area contributed by atoms with E-state index in [1.54, 1.807) is 12.3 Å². The van der Waals surface area contributed by atoms with Crippen molar-refractivity contribution in [3.63, 3.8) is 0 Å². The molecule has 0 aliphatic rings. The zero-order chi connectivity index (χ0) is 24.6. The van der Waals surface area contributed by atoms with Gasteiger partial charge in [0, 0.05) is 28.3 Å². The Morgan fingerprint density at radius 2 is 1.89 bits per heavy atom. The van der Waals surface area contributed by atoms with Crippen LogP contribution in [0.1, 0.15) is 45.3 Å². The highest BCUT2D eigenvalue weighted by atomic mass is 127. The number of para-hydroxylation sites is 1. The van der Waals surface area contributed by atoms with Gasteiger partial charge in [-0.25, -0.2) is 9.78 Å². The number of alkyl halides is 1. The lowest BCUT2D eigenvalue weighted by molar-refractivity contribution is 0.0683. The number of hydrogen-bond donors (Lipinski definition) is 2. The van der Waals surface area contributed by atoms with Gasteiger partial charge in [-0.2, -0.15) is 5.10 Å². The van der Waals surface area contributed by atoms with Crippen LogP contribution in [-0.2, 0) is 13.0 Å². The van der Waals surface area contributed by atoms with Crippen LogP contribution < -0.4 is 10.1 Å². The summed E-state index contributed by atoms with van der Waals surface area (Å²) < 4.78 is 8.08. The number of anilines is 2. The molecule has 2 aromatic heterocycles. The third-order valence-corrected chi connectivity index (χ3v) is 6.79. The van der Waals surface area contributed by atoms with Crippen molar-refractivity contribution < 1.29 is 14.6 Å². The van der Waals surface area contributed by atoms with Crippen LogP contribution in [0.2, 0.25) is 0 Å². The first kappa shape index (κ1) is 24.7. The van der Waals surface area contributed by atoms with E-state index < -0.39 is 5.97 Å². The van der Waals surface area contributed by atoms with Crippen LogP contribution >= 0.6 is 22.6 Å². The molecule has 0 aliphatic heterocycles. The number of aromatic nitrogens is 3. The number of aryl methyl sites for hydroxylation is 2. The van der Waals surface area contributed by atoms with E-state index in [9.17, 15) is 9.90 Å². The summed E-state index contributed by atoms with van der Waals surface area (Å²) in [5.74, 6) is 0.538. The summed E-state index contributed by atoms with van der Waals surface area (Å²) in [4.78, 5) is 16.3. The van der Waals surface area contributed by atoms with Gasteiger partial charge in [0.2, 0.25) is 5.88 Å². The fraction of sp³-hybridized carbons (Fsp3) is 0.222. The van der Waals surface area contributed by atoms with Crippen LogP contribution in [0.4, 0.5) is 11.5 Å². The summed E-state index contributed by atoms with van der Waals surface area (Å²) >= 11 is 2.44. The molecule has 2 heterocycles. The first-order valence-corrected chi connectivity index (χ1v) is 12.8. The third kappa shape index (κ3) is 6.39. The summed E-state index contributed by atoms with van der Waals surface area (Å²) in [6.45, 7) is 2.62. The Balaban J connectivity index is 1.56. The zero-order valence-electron chi connectivity index (χ0n) is 19.4. The molecule has 4 aromatic rings. The maximum Gasteiger partial charge on any atom is 0.354 e. The molecule has 0 saturated heterocycles. The lowest BCUT2D eigenvalue weighted by Gasteiger charge is -2.16. The summed E-state index contributed by atoms with van der Waals surface area (Å²) in [5, 5.41) is 17.4. The molecule has 180 valence electrons. The molecule has 1 unspecified atom stereocenters. The Labute approximate surface area is 218 Å². The number of carbonyl (C=O) groups is 1. The molecule has 0 radical (unpaired) electrons. The fourth-order valence-electron chi connectivity index (χ4n) is 3.75. The Hall–Kier alpha value is -3.40. The molecule has 0 aliphatic carbocycles. The van der Waals surface area contributed by atoms with Gasteiger partial charge in [0.1, 0.15) is 17.1 Å². The number of benzene rings is 2. The monoisotopic (exact) mass is 582 g/mol. The second-order valence-electron chi connectivity index (χ2n) is 8.06. The van der Waals surface area contributed by atoms with E-state index in [-0.39, 0.29) is 5.69 Å². The first-order valence-electron chi connectivity index (χ1n) is 11.5. The van der Waals surface area contributed by atoms with Gasteiger partial charge in [0.25, 0.3) is 0 Å². The normalized spacial score (nSPS) is 11.7.